The number of carbonyl (C=O) groups excluding carboxylic acids is 1. The highest BCUT2D eigenvalue weighted by Crippen LogP contribution is 2.30. The molecule has 120 valence electrons. The van der Waals surface area contributed by atoms with Crippen molar-refractivity contribution in [1.29, 1.82) is 0 Å². The van der Waals surface area contributed by atoms with Crippen LogP contribution >= 0.6 is 0 Å². The van der Waals surface area contributed by atoms with Gasteiger partial charge in [-0.2, -0.15) is 0 Å². The van der Waals surface area contributed by atoms with Crippen LogP contribution in [0, 0.1) is 6.92 Å². The van der Waals surface area contributed by atoms with Gasteiger partial charge in [0.15, 0.2) is 6.10 Å². The molecule has 6 nitrogen and oxygen atoms in total. The van der Waals surface area contributed by atoms with Crippen LogP contribution in [0.3, 0.4) is 0 Å². The first-order valence-electron chi connectivity index (χ1n) is 7.65. The van der Waals surface area contributed by atoms with E-state index in [0.29, 0.717) is 29.5 Å². The predicted molar refractivity (Wildman–Crippen MR) is 87.7 cm³/mol. The van der Waals surface area contributed by atoms with Crippen molar-refractivity contribution in [1.82, 2.24) is 10.2 Å². The monoisotopic (exact) mass is 321 g/mol. The largest absolute Gasteiger partial charge is 0.480 e. The van der Waals surface area contributed by atoms with Crippen molar-refractivity contribution in [3.8, 4) is 17.2 Å². The Labute approximate surface area is 138 Å². The molecule has 0 aliphatic carbocycles. The first-order chi connectivity index (χ1) is 11.7. The fourth-order valence-electron chi connectivity index (χ4n) is 2.73. The number of nitrogens with zero attached hydrogens (tertiary/aromatic N) is 2. The second-order valence-corrected chi connectivity index (χ2v) is 5.58. The zero-order valence-electron chi connectivity index (χ0n) is 13.0. The molecular weight excluding hydrogens is 306 g/mol. The van der Waals surface area contributed by atoms with Gasteiger partial charge >= 0.3 is 0 Å². The minimum atomic E-state index is -0.542. The van der Waals surface area contributed by atoms with E-state index in [1.165, 1.54) is 0 Å². The van der Waals surface area contributed by atoms with E-state index in [1.807, 2.05) is 42.5 Å². The molecule has 6 heteroatoms. The summed E-state index contributed by atoms with van der Waals surface area (Å²) in [6.45, 7) is 1.72. The highest BCUT2D eigenvalue weighted by atomic mass is 16.5. The normalized spacial score (nSPS) is 15.6. The quantitative estimate of drug-likeness (QED) is 0.802. The third-order valence-electron chi connectivity index (χ3n) is 3.88. The summed E-state index contributed by atoms with van der Waals surface area (Å²) in [6, 6.07) is 15.0. The van der Waals surface area contributed by atoms with Crippen LogP contribution in [0.1, 0.15) is 11.5 Å². The third-order valence-corrected chi connectivity index (χ3v) is 3.88. The number of nitrogens with one attached hydrogen (secondary N) is 1. The van der Waals surface area contributed by atoms with Gasteiger partial charge in [-0.1, -0.05) is 30.3 Å². The smallest absolute Gasteiger partial charge is 0.265 e. The molecule has 0 saturated heterocycles. The van der Waals surface area contributed by atoms with Gasteiger partial charge < -0.3 is 14.5 Å². The number of benzene rings is 2. The molecule has 0 fully saturated rings. The zero-order valence-corrected chi connectivity index (χ0v) is 13.0. The summed E-state index contributed by atoms with van der Waals surface area (Å²) in [5.74, 6) is 1.41. The van der Waals surface area contributed by atoms with E-state index in [1.54, 1.807) is 13.0 Å². The summed E-state index contributed by atoms with van der Waals surface area (Å²) < 4.78 is 11.2. The minimum absolute atomic E-state index is 0.199. The Hall–Kier alpha value is -3.15. The lowest BCUT2D eigenvalue weighted by atomic mass is 10.1. The summed E-state index contributed by atoms with van der Waals surface area (Å²) in [4.78, 5) is 12.6. The van der Waals surface area contributed by atoms with E-state index >= 15 is 0 Å². The van der Waals surface area contributed by atoms with Gasteiger partial charge in [-0.15, -0.1) is 10.2 Å². The molecule has 2 heterocycles. The van der Waals surface area contributed by atoms with Gasteiger partial charge in [0.05, 0.1) is 11.3 Å². The number of ether oxygens (including phenoxy) is 1. The number of para-hydroxylation sites is 2. The number of aryl methyl sites for hydroxylation is 1. The maximum absolute atomic E-state index is 12.6. The first kappa shape index (κ1) is 14.4. The lowest BCUT2D eigenvalue weighted by Crippen LogP contribution is -2.31. The van der Waals surface area contributed by atoms with Crippen molar-refractivity contribution in [3.63, 3.8) is 0 Å². The second kappa shape index (κ2) is 5.81. The van der Waals surface area contributed by atoms with E-state index in [9.17, 15) is 4.79 Å². The Morgan fingerprint density at radius 3 is 2.71 bits per heavy atom. The van der Waals surface area contributed by atoms with Crippen LogP contribution in [0.25, 0.3) is 11.5 Å². The maximum atomic E-state index is 12.6. The predicted octanol–water partition coefficient (Wildman–Crippen LogP) is 2.99. The molecule has 1 aliphatic heterocycles. The van der Waals surface area contributed by atoms with Crippen LogP contribution in [-0.4, -0.2) is 22.2 Å². The number of rotatable bonds is 3. The van der Waals surface area contributed by atoms with E-state index in [4.69, 9.17) is 9.15 Å². The van der Waals surface area contributed by atoms with Gasteiger partial charge in [-0.05, 0) is 23.8 Å². The Kier molecular flexibility index (Phi) is 3.49. The number of hydrogen-bond donors (Lipinski definition) is 1. The molecule has 0 radical (unpaired) electrons. The molecule has 4 rings (SSSR count). The Morgan fingerprint density at radius 1 is 1.12 bits per heavy atom. The fourth-order valence-corrected chi connectivity index (χ4v) is 2.73. The number of carbonyl (C=O) groups is 1. The van der Waals surface area contributed by atoms with Crippen molar-refractivity contribution in [3.05, 3.63) is 60.0 Å². The Morgan fingerprint density at radius 2 is 1.92 bits per heavy atom. The summed E-state index contributed by atoms with van der Waals surface area (Å²) in [5.41, 5.74) is 2.34. The van der Waals surface area contributed by atoms with E-state index < -0.39 is 6.10 Å². The third kappa shape index (κ3) is 2.62. The standard InChI is InChI=1S/C18H15N3O3/c1-11-20-21-18(23-11)13-7-3-4-8-14(13)19-17(22)16-10-12-6-2-5-9-15(12)24-16/h2-9,16H,10H2,1H3,(H,19,22)/t16-/m0/s1. The molecule has 0 bridgehead atoms. The molecular formula is C18H15N3O3. The van der Waals surface area contributed by atoms with Crippen molar-refractivity contribution in [2.24, 2.45) is 0 Å². The fraction of sp³-hybridized carbons (Fsp3) is 0.167. The zero-order chi connectivity index (χ0) is 16.5. The van der Waals surface area contributed by atoms with Gasteiger partial charge in [-0.25, -0.2) is 0 Å². The molecule has 1 amide bonds. The first-order valence-corrected chi connectivity index (χ1v) is 7.65. The highest BCUT2D eigenvalue weighted by Gasteiger charge is 2.29. The maximum Gasteiger partial charge on any atom is 0.265 e. The Bertz CT molecular complexity index is 879. The van der Waals surface area contributed by atoms with Gasteiger partial charge in [0, 0.05) is 13.3 Å². The van der Waals surface area contributed by atoms with E-state index in [2.05, 4.69) is 15.5 Å². The van der Waals surface area contributed by atoms with Crippen LogP contribution in [0.4, 0.5) is 5.69 Å². The second-order valence-electron chi connectivity index (χ2n) is 5.58. The summed E-state index contributed by atoms with van der Waals surface area (Å²) in [7, 11) is 0. The van der Waals surface area contributed by atoms with Crippen LogP contribution < -0.4 is 10.1 Å². The van der Waals surface area contributed by atoms with Crippen molar-refractivity contribution in [2.45, 2.75) is 19.4 Å². The topological polar surface area (TPSA) is 77.2 Å². The SMILES string of the molecule is Cc1nnc(-c2ccccc2NC(=O)[C@@H]2Cc3ccccc3O2)o1. The number of hydrogen-bond acceptors (Lipinski definition) is 5. The van der Waals surface area contributed by atoms with Crippen LogP contribution in [0.2, 0.25) is 0 Å². The lowest BCUT2D eigenvalue weighted by Gasteiger charge is -2.13. The summed E-state index contributed by atoms with van der Waals surface area (Å²) >= 11 is 0. The molecule has 1 atom stereocenters. The van der Waals surface area contributed by atoms with E-state index in [-0.39, 0.29) is 5.91 Å². The van der Waals surface area contributed by atoms with Gasteiger partial charge in [0.25, 0.3) is 5.91 Å². The van der Waals surface area contributed by atoms with Crippen LogP contribution in [0.5, 0.6) is 5.75 Å². The molecule has 1 aliphatic rings. The summed E-state index contributed by atoms with van der Waals surface area (Å²) in [5, 5.41) is 10.8. The number of amides is 1. The van der Waals surface area contributed by atoms with E-state index in [0.717, 1.165) is 11.3 Å². The average molecular weight is 321 g/mol. The molecule has 24 heavy (non-hydrogen) atoms. The minimum Gasteiger partial charge on any atom is -0.480 e. The van der Waals surface area contributed by atoms with Crippen molar-refractivity contribution in [2.75, 3.05) is 5.32 Å². The van der Waals surface area contributed by atoms with Crippen molar-refractivity contribution >= 4 is 11.6 Å². The number of fused-ring (bicyclic) bond motifs is 1. The number of anilines is 1. The van der Waals surface area contributed by atoms with Gasteiger partial charge in [0.2, 0.25) is 11.8 Å². The molecule has 1 aromatic heterocycles. The lowest BCUT2D eigenvalue weighted by molar-refractivity contribution is -0.122. The number of aromatic nitrogens is 2. The summed E-state index contributed by atoms with van der Waals surface area (Å²) in [6.07, 6.45) is 0.0176. The molecule has 0 spiro atoms. The van der Waals surface area contributed by atoms with Crippen LogP contribution in [0.15, 0.2) is 52.9 Å². The van der Waals surface area contributed by atoms with Gasteiger partial charge in [-0.3, -0.25) is 4.79 Å². The average Bonchev–Trinajstić information content (AvgIpc) is 3.21. The molecule has 1 N–H and O–H groups in total. The van der Waals surface area contributed by atoms with Crippen LogP contribution in [-0.2, 0) is 11.2 Å². The van der Waals surface area contributed by atoms with Gasteiger partial charge in [0.1, 0.15) is 5.75 Å². The molecule has 3 aromatic rings. The molecule has 2 aromatic carbocycles. The Balaban J connectivity index is 1.55. The highest BCUT2D eigenvalue weighted by molar-refractivity contribution is 5.98. The molecule has 0 unspecified atom stereocenters. The van der Waals surface area contributed by atoms with Crippen molar-refractivity contribution < 1.29 is 13.9 Å². The molecule has 0 saturated carbocycles.